The Balaban J connectivity index is 1.72. The highest BCUT2D eigenvalue weighted by atomic mass is 79.9. The van der Waals surface area contributed by atoms with Gasteiger partial charge in [0.15, 0.2) is 0 Å². The molecule has 3 nitrogen and oxygen atoms in total. The molecule has 2 aromatic rings. The van der Waals surface area contributed by atoms with Gasteiger partial charge in [0.05, 0.1) is 6.20 Å². The Bertz CT molecular complexity index is 544. The molecule has 2 heterocycles. The molecule has 1 fully saturated rings. The largest absolute Gasteiger partial charge is 0.316 e. The molecule has 1 aliphatic rings. The number of benzene rings is 1. The molecule has 1 unspecified atom stereocenters. The van der Waals surface area contributed by atoms with Crippen LogP contribution in [0.5, 0.6) is 0 Å². The second-order valence-electron chi connectivity index (χ2n) is 5.17. The zero-order chi connectivity index (χ0) is 13.1. The van der Waals surface area contributed by atoms with Gasteiger partial charge in [0.25, 0.3) is 0 Å². The number of hydrogen-bond donors (Lipinski definition) is 1. The molecule has 4 heteroatoms. The molecule has 0 spiro atoms. The van der Waals surface area contributed by atoms with Crippen LogP contribution < -0.4 is 5.32 Å². The summed E-state index contributed by atoms with van der Waals surface area (Å²) in [7, 11) is 0. The Kier molecular flexibility index (Phi) is 3.99. The van der Waals surface area contributed by atoms with E-state index in [9.17, 15) is 0 Å². The van der Waals surface area contributed by atoms with Crippen LogP contribution in [-0.2, 0) is 6.54 Å². The van der Waals surface area contributed by atoms with Crippen molar-refractivity contribution in [2.24, 2.45) is 5.92 Å². The smallest absolute Gasteiger partial charge is 0.0568 e. The van der Waals surface area contributed by atoms with Crippen molar-refractivity contribution in [2.45, 2.75) is 19.4 Å². The third-order valence-electron chi connectivity index (χ3n) is 3.64. The maximum Gasteiger partial charge on any atom is 0.0568 e. The number of piperidine rings is 1. The van der Waals surface area contributed by atoms with Crippen LogP contribution in [0.1, 0.15) is 12.8 Å². The van der Waals surface area contributed by atoms with Crippen molar-refractivity contribution in [1.29, 1.82) is 0 Å². The van der Waals surface area contributed by atoms with Gasteiger partial charge >= 0.3 is 0 Å². The molecule has 0 radical (unpaired) electrons. The van der Waals surface area contributed by atoms with E-state index in [1.54, 1.807) is 0 Å². The summed E-state index contributed by atoms with van der Waals surface area (Å²) < 4.78 is 3.18. The molecule has 1 aromatic heterocycles. The standard InChI is InChI=1S/C15H18BrN3/c16-15-5-1-4-13(7-15)14-9-18-19(11-14)10-12-3-2-6-17-8-12/h1,4-5,7,9,11-12,17H,2-3,6,8,10H2. The normalized spacial score (nSPS) is 19.5. The first-order valence-electron chi connectivity index (χ1n) is 6.80. The summed E-state index contributed by atoms with van der Waals surface area (Å²) in [5.41, 5.74) is 2.40. The predicted molar refractivity (Wildman–Crippen MR) is 81.0 cm³/mol. The van der Waals surface area contributed by atoms with E-state index in [1.807, 2.05) is 12.3 Å². The lowest BCUT2D eigenvalue weighted by atomic mass is 10.00. The molecule has 0 amide bonds. The molecule has 1 atom stereocenters. The van der Waals surface area contributed by atoms with Gasteiger partial charge in [0.1, 0.15) is 0 Å². The van der Waals surface area contributed by atoms with Crippen LogP contribution in [0.15, 0.2) is 41.1 Å². The molecule has 1 aromatic carbocycles. The van der Waals surface area contributed by atoms with Crippen molar-refractivity contribution in [2.75, 3.05) is 13.1 Å². The fourth-order valence-corrected chi connectivity index (χ4v) is 3.02. The summed E-state index contributed by atoms with van der Waals surface area (Å²) in [4.78, 5) is 0. The van der Waals surface area contributed by atoms with Gasteiger partial charge in [-0.1, -0.05) is 28.1 Å². The van der Waals surface area contributed by atoms with E-state index >= 15 is 0 Å². The first kappa shape index (κ1) is 12.9. The van der Waals surface area contributed by atoms with E-state index in [4.69, 9.17) is 0 Å². The van der Waals surface area contributed by atoms with Crippen LogP contribution in [0.25, 0.3) is 11.1 Å². The number of hydrogen-bond acceptors (Lipinski definition) is 2. The number of rotatable bonds is 3. The Morgan fingerprint density at radius 1 is 1.37 bits per heavy atom. The zero-order valence-corrected chi connectivity index (χ0v) is 12.4. The fourth-order valence-electron chi connectivity index (χ4n) is 2.62. The highest BCUT2D eigenvalue weighted by molar-refractivity contribution is 9.10. The number of nitrogens with zero attached hydrogens (tertiary/aromatic N) is 2. The van der Waals surface area contributed by atoms with Crippen LogP contribution in [-0.4, -0.2) is 22.9 Å². The van der Waals surface area contributed by atoms with Gasteiger partial charge in [-0.3, -0.25) is 4.68 Å². The van der Waals surface area contributed by atoms with Crippen molar-refractivity contribution < 1.29 is 0 Å². The first-order valence-corrected chi connectivity index (χ1v) is 7.60. The highest BCUT2D eigenvalue weighted by Gasteiger charge is 2.14. The molecule has 3 rings (SSSR count). The second kappa shape index (κ2) is 5.88. The first-order chi connectivity index (χ1) is 9.31. The lowest BCUT2D eigenvalue weighted by Crippen LogP contribution is -2.32. The zero-order valence-electron chi connectivity index (χ0n) is 10.8. The van der Waals surface area contributed by atoms with Gasteiger partial charge < -0.3 is 5.32 Å². The number of halogens is 1. The van der Waals surface area contributed by atoms with Gasteiger partial charge in [-0.2, -0.15) is 5.10 Å². The van der Waals surface area contributed by atoms with Gasteiger partial charge in [-0.05, 0) is 49.5 Å². The van der Waals surface area contributed by atoms with Crippen LogP contribution in [0.2, 0.25) is 0 Å². The fraction of sp³-hybridized carbons (Fsp3) is 0.400. The summed E-state index contributed by atoms with van der Waals surface area (Å²) >= 11 is 3.51. The van der Waals surface area contributed by atoms with E-state index in [0.717, 1.165) is 17.6 Å². The molecule has 1 N–H and O–H groups in total. The molecule has 0 aliphatic carbocycles. The van der Waals surface area contributed by atoms with E-state index < -0.39 is 0 Å². The average Bonchev–Trinajstić information content (AvgIpc) is 2.88. The average molecular weight is 320 g/mol. The summed E-state index contributed by atoms with van der Waals surface area (Å²) in [6.45, 7) is 3.30. The third kappa shape index (κ3) is 3.25. The van der Waals surface area contributed by atoms with Crippen molar-refractivity contribution in [1.82, 2.24) is 15.1 Å². The van der Waals surface area contributed by atoms with E-state index in [2.05, 4.69) is 55.4 Å². The maximum atomic E-state index is 4.49. The Morgan fingerprint density at radius 2 is 2.32 bits per heavy atom. The molecule has 0 saturated carbocycles. The molecular weight excluding hydrogens is 302 g/mol. The number of aromatic nitrogens is 2. The SMILES string of the molecule is Brc1cccc(-c2cnn(CC3CCCNC3)c2)c1. The predicted octanol–water partition coefficient (Wildman–Crippen LogP) is 3.31. The maximum absolute atomic E-state index is 4.49. The van der Waals surface area contributed by atoms with E-state index in [0.29, 0.717) is 5.92 Å². The molecule has 0 bridgehead atoms. The molecular formula is C15H18BrN3. The minimum absolute atomic E-state index is 0.712. The minimum Gasteiger partial charge on any atom is -0.316 e. The minimum atomic E-state index is 0.712. The van der Waals surface area contributed by atoms with Crippen molar-refractivity contribution >= 4 is 15.9 Å². The highest BCUT2D eigenvalue weighted by Crippen LogP contribution is 2.23. The Labute approximate surface area is 122 Å². The third-order valence-corrected chi connectivity index (χ3v) is 4.13. The van der Waals surface area contributed by atoms with Crippen molar-refractivity contribution in [3.05, 3.63) is 41.1 Å². The van der Waals surface area contributed by atoms with Crippen molar-refractivity contribution in [3.8, 4) is 11.1 Å². The number of nitrogens with one attached hydrogen (secondary N) is 1. The van der Waals surface area contributed by atoms with E-state index in [-0.39, 0.29) is 0 Å². The van der Waals surface area contributed by atoms with Crippen molar-refractivity contribution in [3.63, 3.8) is 0 Å². The lowest BCUT2D eigenvalue weighted by molar-refractivity contribution is 0.325. The topological polar surface area (TPSA) is 29.9 Å². The van der Waals surface area contributed by atoms with Gasteiger partial charge in [-0.25, -0.2) is 0 Å². The Hall–Kier alpha value is -1.13. The monoisotopic (exact) mass is 319 g/mol. The van der Waals surface area contributed by atoms with Crippen LogP contribution in [0, 0.1) is 5.92 Å². The molecule has 19 heavy (non-hydrogen) atoms. The molecule has 1 aliphatic heterocycles. The van der Waals surface area contributed by atoms with Crippen LogP contribution in [0.3, 0.4) is 0 Å². The lowest BCUT2D eigenvalue weighted by Gasteiger charge is -2.22. The molecule has 100 valence electrons. The quantitative estimate of drug-likeness (QED) is 0.940. The Morgan fingerprint density at radius 3 is 3.11 bits per heavy atom. The van der Waals surface area contributed by atoms with Gasteiger partial charge in [0.2, 0.25) is 0 Å². The summed E-state index contributed by atoms with van der Waals surface area (Å²) in [5, 5.41) is 7.94. The summed E-state index contributed by atoms with van der Waals surface area (Å²) in [6.07, 6.45) is 6.69. The summed E-state index contributed by atoms with van der Waals surface area (Å²) in [5.74, 6) is 0.712. The van der Waals surface area contributed by atoms with Gasteiger partial charge in [-0.15, -0.1) is 0 Å². The second-order valence-corrected chi connectivity index (χ2v) is 6.09. The van der Waals surface area contributed by atoms with Crippen LogP contribution in [0.4, 0.5) is 0 Å². The van der Waals surface area contributed by atoms with Gasteiger partial charge in [0, 0.05) is 22.8 Å². The van der Waals surface area contributed by atoms with Crippen LogP contribution >= 0.6 is 15.9 Å². The summed E-state index contributed by atoms with van der Waals surface area (Å²) in [6, 6.07) is 8.35. The molecule has 1 saturated heterocycles. The van der Waals surface area contributed by atoms with E-state index in [1.165, 1.54) is 30.5 Å².